The van der Waals surface area contributed by atoms with Crippen LogP contribution in [0.5, 0.6) is 5.75 Å². The molecule has 0 bridgehead atoms. The van der Waals surface area contributed by atoms with Gasteiger partial charge in [-0.1, -0.05) is 12.1 Å². The summed E-state index contributed by atoms with van der Waals surface area (Å²) in [7, 11) is -5.89. The molecule has 1 aromatic carbocycles. The van der Waals surface area contributed by atoms with Crippen LogP contribution in [0, 0.1) is 6.57 Å². The second kappa shape index (κ2) is 4.89. The Bertz CT molecular complexity index is 658. The minimum Gasteiger partial charge on any atom is -0.377 e. The van der Waals surface area contributed by atoms with E-state index in [2.05, 4.69) is 9.03 Å². The number of rotatable bonds is 3. The van der Waals surface area contributed by atoms with Crippen molar-refractivity contribution in [1.29, 1.82) is 0 Å². The molecule has 0 N–H and O–H groups in total. The largest absolute Gasteiger partial charge is 0.534 e. The molecule has 1 rings (SSSR count). The molecule has 0 aliphatic rings. The van der Waals surface area contributed by atoms with Crippen LogP contribution >= 0.6 is 0 Å². The number of nitrogens with zero attached hydrogens (tertiary/aromatic N) is 1. The average Bonchev–Trinajstić information content (AvgIpc) is 2.26. The number of benzene rings is 1. The molecule has 102 valence electrons. The van der Waals surface area contributed by atoms with Gasteiger partial charge in [0, 0.05) is 0 Å². The first-order valence-corrected chi connectivity index (χ1v) is 6.02. The molecule has 1 aromatic rings. The summed E-state index contributed by atoms with van der Waals surface area (Å²) >= 11 is 0. The van der Waals surface area contributed by atoms with E-state index < -0.39 is 27.2 Å². The zero-order valence-corrected chi connectivity index (χ0v) is 10.2. The minimum atomic E-state index is -5.89. The highest BCUT2D eigenvalue weighted by molar-refractivity contribution is 7.88. The lowest BCUT2D eigenvalue weighted by Gasteiger charge is -2.12. The van der Waals surface area contributed by atoms with Gasteiger partial charge in [-0.3, -0.25) is 4.79 Å². The minimum absolute atomic E-state index is 0.155. The van der Waals surface area contributed by atoms with Crippen LogP contribution in [0.3, 0.4) is 0 Å². The van der Waals surface area contributed by atoms with Gasteiger partial charge in [0.05, 0.1) is 12.1 Å². The molecule has 0 amide bonds. The number of carbonyl (C=O) groups is 1. The predicted octanol–water partition coefficient (Wildman–Crippen LogP) is 2.67. The number of ketones is 1. The summed E-state index contributed by atoms with van der Waals surface area (Å²) in [5, 5.41) is 0. The van der Waals surface area contributed by atoms with E-state index in [1.165, 1.54) is 0 Å². The highest BCUT2D eigenvalue weighted by atomic mass is 32.2. The van der Waals surface area contributed by atoms with E-state index >= 15 is 0 Å². The van der Waals surface area contributed by atoms with Crippen LogP contribution in [0.2, 0.25) is 0 Å². The second-order valence-corrected chi connectivity index (χ2v) is 4.87. The van der Waals surface area contributed by atoms with Gasteiger partial charge in [0.15, 0.2) is 11.5 Å². The maximum atomic E-state index is 12.2. The Labute approximate surface area is 106 Å². The van der Waals surface area contributed by atoms with Gasteiger partial charge in [-0.25, -0.2) is 4.85 Å². The number of halogens is 3. The van der Waals surface area contributed by atoms with Crippen molar-refractivity contribution in [3.8, 4) is 5.75 Å². The predicted molar refractivity (Wildman–Crippen MR) is 58.3 cm³/mol. The first kappa shape index (κ1) is 15.0. The van der Waals surface area contributed by atoms with Gasteiger partial charge in [-0.05, 0) is 13.0 Å². The summed E-state index contributed by atoms with van der Waals surface area (Å²) in [5.41, 5.74) is -6.13. The Morgan fingerprint density at radius 3 is 2.37 bits per heavy atom. The molecule has 0 saturated heterocycles. The first-order chi connectivity index (χ1) is 8.58. The lowest BCUT2D eigenvalue weighted by atomic mass is 10.1. The van der Waals surface area contributed by atoms with E-state index in [-0.39, 0.29) is 11.3 Å². The summed E-state index contributed by atoms with van der Waals surface area (Å²) in [6.07, 6.45) is 0. The maximum Gasteiger partial charge on any atom is 0.534 e. The van der Waals surface area contributed by atoms with E-state index in [4.69, 9.17) is 6.57 Å². The normalized spacial score (nSPS) is 11.7. The second-order valence-electron chi connectivity index (χ2n) is 3.33. The third-order valence-electron chi connectivity index (χ3n) is 1.96. The molecule has 0 fully saturated rings. The first-order valence-electron chi connectivity index (χ1n) is 4.61. The van der Waals surface area contributed by atoms with E-state index in [0.29, 0.717) is 0 Å². The number of hydrogen-bond acceptors (Lipinski definition) is 4. The molecule has 0 radical (unpaired) electrons. The van der Waals surface area contributed by atoms with Crippen molar-refractivity contribution < 1.29 is 30.6 Å². The molecule has 0 heterocycles. The quantitative estimate of drug-likeness (QED) is 0.372. The molecule has 0 aliphatic heterocycles. The molecule has 0 saturated carbocycles. The average molecular weight is 293 g/mol. The SMILES string of the molecule is [C-]#[N+]c1ccc(C(C)=O)c(OS(=O)(=O)C(F)(F)F)c1. The zero-order chi connectivity index (χ0) is 14.8. The molecule has 0 spiro atoms. The van der Waals surface area contributed by atoms with Crippen LogP contribution < -0.4 is 4.18 Å². The number of carbonyl (C=O) groups excluding carboxylic acids is 1. The molecule has 0 unspecified atom stereocenters. The molecule has 19 heavy (non-hydrogen) atoms. The van der Waals surface area contributed by atoms with Crippen molar-refractivity contribution in [2.45, 2.75) is 12.4 Å². The van der Waals surface area contributed by atoms with E-state index in [0.717, 1.165) is 25.1 Å². The standard InChI is InChI=1S/C10H6F3NO4S/c1-6(15)8-4-3-7(14-2)5-9(8)18-19(16,17)10(11,12)13/h3-5H,1H3. The van der Waals surface area contributed by atoms with Crippen LogP contribution in [0.1, 0.15) is 17.3 Å². The van der Waals surface area contributed by atoms with Crippen molar-refractivity contribution in [2.24, 2.45) is 0 Å². The van der Waals surface area contributed by atoms with Crippen molar-refractivity contribution in [3.05, 3.63) is 35.2 Å². The highest BCUT2D eigenvalue weighted by Gasteiger charge is 2.48. The summed E-state index contributed by atoms with van der Waals surface area (Å²) < 4.78 is 62.1. The third-order valence-corrected chi connectivity index (χ3v) is 2.92. The van der Waals surface area contributed by atoms with Gasteiger partial charge in [-0.2, -0.15) is 21.6 Å². The molecule has 5 nitrogen and oxygen atoms in total. The molecule has 0 aliphatic carbocycles. The molecule has 0 aromatic heterocycles. The van der Waals surface area contributed by atoms with E-state index in [9.17, 15) is 26.4 Å². The number of hydrogen-bond donors (Lipinski definition) is 0. The highest BCUT2D eigenvalue weighted by Crippen LogP contribution is 2.31. The summed E-state index contributed by atoms with van der Waals surface area (Å²) in [6, 6.07) is 2.95. The van der Waals surface area contributed by atoms with Crippen LogP contribution in [0.25, 0.3) is 4.85 Å². The van der Waals surface area contributed by atoms with Gasteiger partial charge in [-0.15, -0.1) is 0 Å². The van der Waals surface area contributed by atoms with Crippen LogP contribution in [-0.2, 0) is 10.1 Å². The fourth-order valence-corrected chi connectivity index (χ4v) is 1.57. The fourth-order valence-electron chi connectivity index (χ4n) is 1.11. The number of alkyl halides is 3. The van der Waals surface area contributed by atoms with Crippen LogP contribution in [0.4, 0.5) is 18.9 Å². The van der Waals surface area contributed by atoms with Gasteiger partial charge in [0.1, 0.15) is 5.75 Å². The Hall–Kier alpha value is -2.08. The lowest BCUT2D eigenvalue weighted by Crippen LogP contribution is -2.28. The van der Waals surface area contributed by atoms with E-state index in [1.54, 1.807) is 0 Å². The van der Waals surface area contributed by atoms with Gasteiger partial charge < -0.3 is 4.18 Å². The van der Waals surface area contributed by atoms with Gasteiger partial charge in [0.25, 0.3) is 0 Å². The van der Waals surface area contributed by atoms with Crippen molar-refractivity contribution in [2.75, 3.05) is 0 Å². The van der Waals surface area contributed by atoms with Gasteiger partial charge in [0.2, 0.25) is 0 Å². The molecular formula is C10H6F3NO4S. The summed E-state index contributed by atoms with van der Waals surface area (Å²) in [6.45, 7) is 7.71. The molecule has 9 heteroatoms. The Balaban J connectivity index is 3.35. The fraction of sp³-hybridized carbons (Fsp3) is 0.200. The Kier molecular flexibility index (Phi) is 3.86. The summed E-state index contributed by atoms with van der Waals surface area (Å²) in [5.74, 6) is -1.51. The summed E-state index contributed by atoms with van der Waals surface area (Å²) in [4.78, 5) is 14.1. The van der Waals surface area contributed by atoms with Crippen molar-refractivity contribution in [3.63, 3.8) is 0 Å². The number of Topliss-reactive ketones (excluding diaryl/α,β-unsaturated/α-hetero) is 1. The molecular weight excluding hydrogens is 287 g/mol. The monoisotopic (exact) mass is 293 g/mol. The topological polar surface area (TPSA) is 64.8 Å². The molecule has 0 atom stereocenters. The van der Waals surface area contributed by atoms with Gasteiger partial charge >= 0.3 is 15.6 Å². The smallest absolute Gasteiger partial charge is 0.377 e. The Morgan fingerprint density at radius 2 is 1.95 bits per heavy atom. The Morgan fingerprint density at radius 1 is 1.37 bits per heavy atom. The van der Waals surface area contributed by atoms with Crippen molar-refractivity contribution in [1.82, 2.24) is 0 Å². The lowest BCUT2D eigenvalue weighted by molar-refractivity contribution is -0.0500. The zero-order valence-electron chi connectivity index (χ0n) is 9.35. The van der Waals surface area contributed by atoms with E-state index in [1.807, 2.05) is 0 Å². The maximum absolute atomic E-state index is 12.2. The van der Waals surface area contributed by atoms with Crippen LogP contribution in [0.15, 0.2) is 18.2 Å². The third kappa shape index (κ3) is 3.23. The van der Waals surface area contributed by atoms with Crippen LogP contribution in [-0.4, -0.2) is 19.7 Å². The van der Waals surface area contributed by atoms with Crippen molar-refractivity contribution >= 4 is 21.6 Å².